The van der Waals surface area contributed by atoms with Gasteiger partial charge in [-0.05, 0) is 48.4 Å². The third-order valence-electron chi connectivity index (χ3n) is 4.72. The van der Waals surface area contributed by atoms with Crippen LogP contribution in [-0.4, -0.2) is 13.2 Å². The number of ether oxygens (including phenoxy) is 1. The maximum absolute atomic E-state index is 5.86. The molecular formula is C16H25BrN2O. The average Bonchev–Trinajstić information content (AvgIpc) is 2.47. The molecule has 0 amide bonds. The summed E-state index contributed by atoms with van der Waals surface area (Å²) in [5.74, 6) is 6.76. The second-order valence-electron chi connectivity index (χ2n) is 6.10. The maximum atomic E-state index is 5.86. The first-order chi connectivity index (χ1) is 9.59. The Morgan fingerprint density at radius 1 is 1.35 bits per heavy atom. The standard InChI is InChI=1S/C16H25BrN2O/c1-16(8-4-3-5-9-16)15(19-18)11-12-10-13(20-2)6-7-14(12)17/h6-7,10,15,19H,3-5,8-9,11,18H2,1-2H3. The molecule has 3 nitrogen and oxygen atoms in total. The van der Waals surface area contributed by atoms with Crippen molar-refractivity contribution in [1.82, 2.24) is 5.43 Å². The van der Waals surface area contributed by atoms with E-state index in [-0.39, 0.29) is 5.41 Å². The molecule has 20 heavy (non-hydrogen) atoms. The van der Waals surface area contributed by atoms with Crippen molar-refractivity contribution in [2.24, 2.45) is 11.3 Å². The average molecular weight is 341 g/mol. The first-order valence-corrected chi connectivity index (χ1v) is 8.17. The molecule has 1 saturated carbocycles. The molecule has 1 unspecified atom stereocenters. The molecule has 0 aromatic heterocycles. The zero-order valence-electron chi connectivity index (χ0n) is 12.4. The van der Waals surface area contributed by atoms with Crippen molar-refractivity contribution in [1.29, 1.82) is 0 Å². The summed E-state index contributed by atoms with van der Waals surface area (Å²) in [6, 6.07) is 6.41. The van der Waals surface area contributed by atoms with Gasteiger partial charge in [-0.3, -0.25) is 11.3 Å². The van der Waals surface area contributed by atoms with Crippen LogP contribution in [0.2, 0.25) is 0 Å². The molecule has 0 heterocycles. The molecule has 0 bridgehead atoms. The first-order valence-electron chi connectivity index (χ1n) is 7.37. The van der Waals surface area contributed by atoms with Crippen LogP contribution in [0.1, 0.15) is 44.6 Å². The van der Waals surface area contributed by atoms with Crippen LogP contribution in [0.15, 0.2) is 22.7 Å². The van der Waals surface area contributed by atoms with E-state index in [1.807, 2.05) is 12.1 Å². The minimum Gasteiger partial charge on any atom is -0.497 e. The Hall–Kier alpha value is -0.580. The molecule has 1 aromatic carbocycles. The van der Waals surface area contributed by atoms with E-state index in [1.54, 1.807) is 7.11 Å². The lowest BCUT2D eigenvalue weighted by molar-refractivity contribution is 0.144. The van der Waals surface area contributed by atoms with E-state index in [9.17, 15) is 0 Å². The molecule has 0 saturated heterocycles. The third-order valence-corrected chi connectivity index (χ3v) is 5.49. The maximum Gasteiger partial charge on any atom is 0.119 e. The number of hydrogen-bond donors (Lipinski definition) is 2. The van der Waals surface area contributed by atoms with Gasteiger partial charge in [0.25, 0.3) is 0 Å². The van der Waals surface area contributed by atoms with Gasteiger partial charge in [0.15, 0.2) is 0 Å². The van der Waals surface area contributed by atoms with E-state index in [1.165, 1.54) is 37.7 Å². The van der Waals surface area contributed by atoms with Gasteiger partial charge in [0.1, 0.15) is 5.75 Å². The van der Waals surface area contributed by atoms with Crippen LogP contribution in [0.3, 0.4) is 0 Å². The Morgan fingerprint density at radius 2 is 2.05 bits per heavy atom. The van der Waals surface area contributed by atoms with Gasteiger partial charge < -0.3 is 4.74 Å². The lowest BCUT2D eigenvalue weighted by Crippen LogP contribution is -2.49. The summed E-state index contributed by atoms with van der Waals surface area (Å²) >= 11 is 3.63. The highest BCUT2D eigenvalue weighted by Crippen LogP contribution is 2.40. The summed E-state index contributed by atoms with van der Waals surface area (Å²) in [5, 5.41) is 0. The normalized spacial score (nSPS) is 19.6. The number of nitrogens with two attached hydrogens (primary N) is 1. The zero-order chi connectivity index (χ0) is 14.6. The second-order valence-corrected chi connectivity index (χ2v) is 6.95. The Balaban J connectivity index is 2.17. The van der Waals surface area contributed by atoms with Crippen molar-refractivity contribution in [2.75, 3.05) is 7.11 Å². The second kappa shape index (κ2) is 6.92. The number of hydrogen-bond acceptors (Lipinski definition) is 3. The molecule has 0 spiro atoms. The van der Waals surface area contributed by atoms with Crippen LogP contribution in [0.4, 0.5) is 0 Å². The van der Waals surface area contributed by atoms with Gasteiger partial charge in [-0.25, -0.2) is 0 Å². The Kier molecular flexibility index (Phi) is 5.47. The molecule has 1 aliphatic rings. The van der Waals surface area contributed by atoms with Crippen molar-refractivity contribution >= 4 is 15.9 Å². The number of benzene rings is 1. The number of methoxy groups -OCH3 is 1. The molecule has 112 valence electrons. The highest BCUT2D eigenvalue weighted by atomic mass is 79.9. The largest absolute Gasteiger partial charge is 0.497 e. The number of rotatable bonds is 5. The third kappa shape index (κ3) is 3.54. The molecule has 1 aliphatic carbocycles. The summed E-state index contributed by atoms with van der Waals surface area (Å²) in [5.41, 5.74) is 4.60. The molecule has 1 fully saturated rings. The quantitative estimate of drug-likeness (QED) is 0.633. The summed E-state index contributed by atoms with van der Waals surface area (Å²) < 4.78 is 6.45. The molecule has 2 rings (SSSR count). The Bertz CT molecular complexity index is 444. The minimum atomic E-state index is 0.287. The molecule has 0 radical (unpaired) electrons. The van der Waals surface area contributed by atoms with Crippen LogP contribution in [-0.2, 0) is 6.42 Å². The predicted octanol–water partition coefficient (Wildman–Crippen LogP) is 3.80. The van der Waals surface area contributed by atoms with Crippen LogP contribution in [0.5, 0.6) is 5.75 Å². The van der Waals surface area contributed by atoms with Gasteiger partial charge >= 0.3 is 0 Å². The summed E-state index contributed by atoms with van der Waals surface area (Å²) in [6.07, 6.45) is 7.41. The molecule has 4 heteroatoms. The van der Waals surface area contributed by atoms with E-state index >= 15 is 0 Å². The monoisotopic (exact) mass is 340 g/mol. The fourth-order valence-corrected chi connectivity index (χ4v) is 3.68. The number of hydrazine groups is 1. The van der Waals surface area contributed by atoms with Crippen molar-refractivity contribution in [3.8, 4) is 5.75 Å². The van der Waals surface area contributed by atoms with E-state index in [0.717, 1.165) is 16.6 Å². The van der Waals surface area contributed by atoms with Gasteiger partial charge in [0.2, 0.25) is 0 Å². The highest BCUT2D eigenvalue weighted by molar-refractivity contribution is 9.10. The fourth-order valence-electron chi connectivity index (χ4n) is 3.27. The number of nitrogens with one attached hydrogen (secondary N) is 1. The van der Waals surface area contributed by atoms with Crippen LogP contribution in [0, 0.1) is 5.41 Å². The van der Waals surface area contributed by atoms with Crippen LogP contribution >= 0.6 is 15.9 Å². The SMILES string of the molecule is COc1ccc(Br)c(CC(NN)C2(C)CCCCC2)c1. The van der Waals surface area contributed by atoms with Crippen molar-refractivity contribution in [2.45, 2.75) is 51.5 Å². The summed E-state index contributed by atoms with van der Waals surface area (Å²) in [6.45, 7) is 2.37. The lowest BCUT2D eigenvalue weighted by atomic mass is 9.69. The van der Waals surface area contributed by atoms with E-state index in [2.05, 4.69) is 34.3 Å². The Morgan fingerprint density at radius 3 is 2.65 bits per heavy atom. The van der Waals surface area contributed by atoms with Crippen molar-refractivity contribution in [3.63, 3.8) is 0 Å². The minimum absolute atomic E-state index is 0.287. The highest BCUT2D eigenvalue weighted by Gasteiger charge is 2.35. The van der Waals surface area contributed by atoms with Gasteiger partial charge in [-0.1, -0.05) is 42.1 Å². The zero-order valence-corrected chi connectivity index (χ0v) is 14.0. The van der Waals surface area contributed by atoms with Gasteiger partial charge in [-0.2, -0.15) is 0 Å². The van der Waals surface area contributed by atoms with Crippen molar-refractivity contribution in [3.05, 3.63) is 28.2 Å². The fraction of sp³-hybridized carbons (Fsp3) is 0.625. The van der Waals surface area contributed by atoms with E-state index < -0.39 is 0 Å². The summed E-state index contributed by atoms with van der Waals surface area (Å²) in [7, 11) is 1.70. The van der Waals surface area contributed by atoms with E-state index in [4.69, 9.17) is 10.6 Å². The van der Waals surface area contributed by atoms with Gasteiger partial charge in [0, 0.05) is 10.5 Å². The first kappa shape index (κ1) is 15.8. The lowest BCUT2D eigenvalue weighted by Gasteiger charge is -2.40. The van der Waals surface area contributed by atoms with Crippen molar-refractivity contribution < 1.29 is 4.74 Å². The molecule has 3 N–H and O–H groups in total. The topological polar surface area (TPSA) is 47.3 Å². The van der Waals surface area contributed by atoms with Crippen LogP contribution in [0.25, 0.3) is 0 Å². The van der Waals surface area contributed by atoms with E-state index in [0.29, 0.717) is 6.04 Å². The summed E-state index contributed by atoms with van der Waals surface area (Å²) in [4.78, 5) is 0. The predicted molar refractivity (Wildman–Crippen MR) is 86.7 cm³/mol. The Labute approximate surface area is 130 Å². The number of halogens is 1. The van der Waals surface area contributed by atoms with Gasteiger partial charge in [0.05, 0.1) is 7.11 Å². The molecular weight excluding hydrogens is 316 g/mol. The van der Waals surface area contributed by atoms with Gasteiger partial charge in [-0.15, -0.1) is 0 Å². The molecule has 0 aliphatic heterocycles. The smallest absolute Gasteiger partial charge is 0.119 e. The van der Waals surface area contributed by atoms with Crippen LogP contribution < -0.4 is 16.0 Å². The molecule has 1 atom stereocenters. The molecule has 1 aromatic rings.